The van der Waals surface area contributed by atoms with Crippen LogP contribution in [0.2, 0.25) is 0 Å². The summed E-state index contributed by atoms with van der Waals surface area (Å²) < 4.78 is 28.1. The van der Waals surface area contributed by atoms with Gasteiger partial charge in [0.05, 0.1) is 24.5 Å². The molecule has 2 amide bonds. The van der Waals surface area contributed by atoms with Gasteiger partial charge in [-0.3, -0.25) is 9.59 Å². The first kappa shape index (κ1) is 16.8. The summed E-state index contributed by atoms with van der Waals surface area (Å²) in [4.78, 5) is 28.0. The third-order valence-electron chi connectivity index (χ3n) is 4.50. The summed E-state index contributed by atoms with van der Waals surface area (Å²) in [6.45, 7) is 0.740. The van der Waals surface area contributed by atoms with Crippen LogP contribution < -0.4 is 9.64 Å². The van der Waals surface area contributed by atoms with Crippen molar-refractivity contribution in [2.24, 2.45) is 5.92 Å². The monoisotopic (exact) mass is 352 g/mol. The molecule has 2 fully saturated rings. The van der Waals surface area contributed by atoms with Crippen LogP contribution in [0, 0.1) is 5.92 Å². The van der Waals surface area contributed by atoms with Gasteiger partial charge in [0.1, 0.15) is 5.75 Å². The number of benzene rings is 1. The molecule has 2 saturated heterocycles. The maximum Gasteiger partial charge on any atom is 0.228 e. The first-order chi connectivity index (χ1) is 11.4. The standard InChI is InChI=1S/C16H20N2O5S/c1-23-14-4-2-3-13(10-14)18-11-12(9-15(18)19)16(20)17-5-7-24(21,22)8-6-17/h2-4,10,12H,5-9,11H2,1H3. The zero-order valence-electron chi connectivity index (χ0n) is 13.5. The van der Waals surface area contributed by atoms with Crippen LogP contribution in [0.15, 0.2) is 24.3 Å². The van der Waals surface area contributed by atoms with E-state index in [-0.39, 0.29) is 42.8 Å². The summed E-state index contributed by atoms with van der Waals surface area (Å²) in [5, 5.41) is 0. The van der Waals surface area contributed by atoms with Crippen LogP contribution in [-0.4, -0.2) is 63.4 Å². The molecule has 0 saturated carbocycles. The summed E-state index contributed by atoms with van der Waals surface area (Å²) in [6, 6.07) is 7.16. The Kier molecular flexibility index (Phi) is 4.49. The molecule has 7 nitrogen and oxygen atoms in total. The molecule has 130 valence electrons. The number of ether oxygens (including phenoxy) is 1. The Balaban J connectivity index is 1.69. The molecule has 0 aliphatic carbocycles. The van der Waals surface area contributed by atoms with Crippen LogP contribution in [-0.2, 0) is 19.4 Å². The van der Waals surface area contributed by atoms with E-state index in [4.69, 9.17) is 4.74 Å². The van der Waals surface area contributed by atoms with E-state index in [9.17, 15) is 18.0 Å². The largest absolute Gasteiger partial charge is 0.497 e. The van der Waals surface area contributed by atoms with Crippen molar-refractivity contribution in [2.45, 2.75) is 6.42 Å². The Morgan fingerprint density at radius 1 is 1.25 bits per heavy atom. The fourth-order valence-corrected chi connectivity index (χ4v) is 4.29. The van der Waals surface area contributed by atoms with Gasteiger partial charge >= 0.3 is 0 Å². The number of nitrogens with zero attached hydrogens (tertiary/aromatic N) is 2. The quantitative estimate of drug-likeness (QED) is 0.781. The average Bonchev–Trinajstić information content (AvgIpc) is 2.96. The summed E-state index contributed by atoms with van der Waals surface area (Å²) in [5.74, 6) is -0.0198. The smallest absolute Gasteiger partial charge is 0.228 e. The SMILES string of the molecule is COc1cccc(N2CC(C(=O)N3CCS(=O)(=O)CC3)CC2=O)c1. The fourth-order valence-electron chi connectivity index (χ4n) is 3.09. The zero-order valence-corrected chi connectivity index (χ0v) is 14.3. The van der Waals surface area contributed by atoms with Crippen molar-refractivity contribution in [1.82, 2.24) is 4.90 Å². The van der Waals surface area contributed by atoms with E-state index in [1.54, 1.807) is 41.2 Å². The molecule has 3 rings (SSSR count). The number of hydrogen-bond donors (Lipinski definition) is 0. The highest BCUT2D eigenvalue weighted by Gasteiger charge is 2.38. The van der Waals surface area contributed by atoms with Gasteiger partial charge in [-0.2, -0.15) is 0 Å². The fraction of sp³-hybridized carbons (Fsp3) is 0.500. The molecule has 1 aromatic carbocycles. The minimum Gasteiger partial charge on any atom is -0.497 e. The summed E-state index contributed by atoms with van der Waals surface area (Å²) >= 11 is 0. The maximum absolute atomic E-state index is 12.6. The van der Waals surface area contributed by atoms with Gasteiger partial charge in [0, 0.05) is 37.8 Å². The molecule has 2 aliphatic rings. The highest BCUT2D eigenvalue weighted by Crippen LogP contribution is 2.29. The number of carbonyl (C=O) groups is 2. The number of hydrogen-bond acceptors (Lipinski definition) is 5. The van der Waals surface area contributed by atoms with Crippen molar-refractivity contribution >= 4 is 27.3 Å². The van der Waals surface area contributed by atoms with Crippen LogP contribution >= 0.6 is 0 Å². The number of anilines is 1. The number of amides is 2. The molecule has 1 aromatic rings. The van der Waals surface area contributed by atoms with E-state index >= 15 is 0 Å². The second-order valence-electron chi connectivity index (χ2n) is 6.08. The second-order valence-corrected chi connectivity index (χ2v) is 8.39. The molecular weight excluding hydrogens is 332 g/mol. The van der Waals surface area contributed by atoms with Crippen LogP contribution in [0.4, 0.5) is 5.69 Å². The van der Waals surface area contributed by atoms with Crippen LogP contribution in [0.25, 0.3) is 0 Å². The van der Waals surface area contributed by atoms with E-state index in [0.29, 0.717) is 18.0 Å². The van der Waals surface area contributed by atoms with Crippen LogP contribution in [0.1, 0.15) is 6.42 Å². The Hall–Kier alpha value is -2.09. The highest BCUT2D eigenvalue weighted by atomic mass is 32.2. The molecule has 8 heteroatoms. The Morgan fingerprint density at radius 2 is 1.96 bits per heavy atom. The molecule has 0 radical (unpaired) electrons. The van der Waals surface area contributed by atoms with Gasteiger partial charge in [-0.1, -0.05) is 6.07 Å². The van der Waals surface area contributed by atoms with Gasteiger partial charge in [-0.05, 0) is 12.1 Å². The lowest BCUT2D eigenvalue weighted by atomic mass is 10.1. The predicted octanol–water partition coefficient (Wildman–Crippen LogP) is 0.305. The molecule has 0 N–H and O–H groups in total. The minimum absolute atomic E-state index is 0.000987. The van der Waals surface area contributed by atoms with Gasteiger partial charge in [0.2, 0.25) is 11.8 Å². The zero-order chi connectivity index (χ0) is 17.3. The molecule has 2 heterocycles. The van der Waals surface area contributed by atoms with Gasteiger partial charge in [0.25, 0.3) is 0 Å². The summed E-state index contributed by atoms with van der Waals surface area (Å²) in [6.07, 6.45) is 0.152. The van der Waals surface area contributed by atoms with Crippen molar-refractivity contribution in [1.29, 1.82) is 0 Å². The van der Waals surface area contributed by atoms with Crippen LogP contribution in [0.3, 0.4) is 0 Å². The van der Waals surface area contributed by atoms with Gasteiger partial charge < -0.3 is 14.5 Å². The Labute approximate surface area is 141 Å². The number of carbonyl (C=O) groups excluding carboxylic acids is 2. The molecule has 2 aliphatic heterocycles. The molecule has 1 unspecified atom stereocenters. The molecule has 1 atom stereocenters. The molecular formula is C16H20N2O5S. The molecule has 0 aromatic heterocycles. The second kappa shape index (κ2) is 6.43. The minimum atomic E-state index is -3.03. The molecule has 0 spiro atoms. The average molecular weight is 352 g/mol. The predicted molar refractivity (Wildman–Crippen MR) is 88.7 cm³/mol. The van der Waals surface area contributed by atoms with E-state index in [0.717, 1.165) is 0 Å². The maximum atomic E-state index is 12.6. The Morgan fingerprint density at radius 3 is 2.62 bits per heavy atom. The molecule has 0 bridgehead atoms. The van der Waals surface area contributed by atoms with Crippen LogP contribution in [0.5, 0.6) is 5.75 Å². The first-order valence-electron chi connectivity index (χ1n) is 7.83. The first-order valence-corrected chi connectivity index (χ1v) is 9.65. The third kappa shape index (κ3) is 3.38. The van der Waals surface area contributed by atoms with E-state index in [1.165, 1.54) is 0 Å². The topological polar surface area (TPSA) is 84.0 Å². The van der Waals surface area contributed by atoms with Crippen molar-refractivity contribution in [2.75, 3.05) is 43.1 Å². The molecule has 24 heavy (non-hydrogen) atoms. The normalized spacial score (nSPS) is 23.4. The van der Waals surface area contributed by atoms with E-state index in [1.807, 2.05) is 0 Å². The van der Waals surface area contributed by atoms with Crippen molar-refractivity contribution in [3.8, 4) is 5.75 Å². The van der Waals surface area contributed by atoms with Gasteiger partial charge in [0.15, 0.2) is 9.84 Å². The van der Waals surface area contributed by atoms with Crippen molar-refractivity contribution in [3.63, 3.8) is 0 Å². The number of methoxy groups -OCH3 is 1. The summed E-state index contributed by atoms with van der Waals surface area (Å²) in [7, 11) is -1.47. The lowest BCUT2D eigenvalue weighted by molar-refractivity contribution is -0.135. The Bertz CT molecular complexity index is 747. The highest BCUT2D eigenvalue weighted by molar-refractivity contribution is 7.91. The number of rotatable bonds is 3. The number of sulfone groups is 1. The lowest BCUT2D eigenvalue weighted by Crippen LogP contribution is -2.46. The third-order valence-corrected chi connectivity index (χ3v) is 6.10. The summed E-state index contributed by atoms with van der Waals surface area (Å²) in [5.41, 5.74) is 0.705. The lowest BCUT2D eigenvalue weighted by Gasteiger charge is -2.29. The van der Waals surface area contributed by atoms with Crippen molar-refractivity contribution < 1.29 is 22.7 Å². The van der Waals surface area contributed by atoms with Gasteiger partial charge in [-0.15, -0.1) is 0 Å². The van der Waals surface area contributed by atoms with E-state index in [2.05, 4.69) is 0 Å². The van der Waals surface area contributed by atoms with Crippen molar-refractivity contribution in [3.05, 3.63) is 24.3 Å². The van der Waals surface area contributed by atoms with Gasteiger partial charge in [-0.25, -0.2) is 8.42 Å². The van der Waals surface area contributed by atoms with E-state index < -0.39 is 15.8 Å².